The molecular formula is C16H18ClNO2. The molecule has 0 unspecified atom stereocenters. The van der Waals surface area contributed by atoms with E-state index in [-0.39, 0.29) is 22.6 Å². The van der Waals surface area contributed by atoms with E-state index in [1.54, 1.807) is 6.07 Å². The number of halogens is 1. The van der Waals surface area contributed by atoms with Gasteiger partial charge in [0.2, 0.25) is 0 Å². The van der Waals surface area contributed by atoms with Crippen LogP contribution in [0.4, 0.5) is 5.69 Å². The Hall–Kier alpha value is -1.61. The second-order valence-electron chi connectivity index (χ2n) is 5.98. The predicted molar refractivity (Wildman–Crippen MR) is 80.9 cm³/mol. The summed E-state index contributed by atoms with van der Waals surface area (Å²) >= 11 is 6.04. The molecule has 1 N–H and O–H groups in total. The molecule has 3 nitrogen and oxygen atoms in total. The summed E-state index contributed by atoms with van der Waals surface area (Å²) in [5.41, 5.74) is 1.71. The second kappa shape index (κ2) is 5.41. The van der Waals surface area contributed by atoms with Gasteiger partial charge in [-0.3, -0.25) is 9.59 Å². The number of rotatable bonds is 2. The topological polar surface area (TPSA) is 46.2 Å². The predicted octanol–water partition coefficient (Wildman–Crippen LogP) is 3.90. The van der Waals surface area contributed by atoms with Gasteiger partial charge >= 0.3 is 0 Å². The Morgan fingerprint density at radius 1 is 1.20 bits per heavy atom. The van der Waals surface area contributed by atoms with E-state index in [2.05, 4.69) is 5.32 Å². The highest BCUT2D eigenvalue weighted by molar-refractivity contribution is 6.31. The van der Waals surface area contributed by atoms with Gasteiger partial charge in [-0.15, -0.1) is 0 Å². The van der Waals surface area contributed by atoms with Gasteiger partial charge in [0, 0.05) is 29.8 Å². The standard InChI is InChI=1S/C16H18ClNO2/c1-10-12(17)5-4-6-13(10)18-9-11-14(19)7-16(2,3)8-15(11)20/h4-6,9,18H,7-8H2,1-3H3. The largest absolute Gasteiger partial charge is 0.361 e. The number of nitrogens with one attached hydrogen (secondary N) is 1. The Bertz CT molecular complexity index is 580. The van der Waals surface area contributed by atoms with E-state index in [1.165, 1.54) is 6.20 Å². The molecule has 4 heteroatoms. The smallest absolute Gasteiger partial charge is 0.168 e. The lowest BCUT2D eigenvalue weighted by Gasteiger charge is -2.28. The molecule has 0 heterocycles. The number of anilines is 1. The van der Waals surface area contributed by atoms with Crippen molar-refractivity contribution in [3.63, 3.8) is 0 Å². The Morgan fingerprint density at radius 2 is 1.80 bits per heavy atom. The molecule has 20 heavy (non-hydrogen) atoms. The third kappa shape index (κ3) is 3.10. The van der Waals surface area contributed by atoms with E-state index >= 15 is 0 Å². The van der Waals surface area contributed by atoms with Crippen molar-refractivity contribution in [2.24, 2.45) is 5.41 Å². The van der Waals surface area contributed by atoms with Crippen molar-refractivity contribution in [3.05, 3.63) is 40.6 Å². The molecule has 106 valence electrons. The van der Waals surface area contributed by atoms with Gasteiger partial charge in [0.05, 0.1) is 5.57 Å². The Kier molecular flexibility index (Phi) is 4.00. The first-order valence-electron chi connectivity index (χ1n) is 6.58. The molecule has 0 spiro atoms. The van der Waals surface area contributed by atoms with Gasteiger partial charge in [0.1, 0.15) is 0 Å². The lowest BCUT2D eigenvalue weighted by molar-refractivity contribution is -0.127. The first-order valence-corrected chi connectivity index (χ1v) is 6.96. The Labute approximate surface area is 124 Å². The number of ketones is 2. The zero-order valence-corrected chi connectivity index (χ0v) is 12.7. The van der Waals surface area contributed by atoms with E-state index in [0.29, 0.717) is 17.9 Å². The Morgan fingerprint density at radius 3 is 2.40 bits per heavy atom. The lowest BCUT2D eigenvalue weighted by atomic mass is 9.74. The summed E-state index contributed by atoms with van der Waals surface area (Å²) < 4.78 is 0. The molecule has 2 rings (SSSR count). The van der Waals surface area contributed by atoms with Crippen LogP contribution in [0.25, 0.3) is 0 Å². The Balaban J connectivity index is 2.22. The van der Waals surface area contributed by atoms with Crippen molar-refractivity contribution >= 4 is 28.9 Å². The molecule has 1 aromatic carbocycles. The molecule has 1 aliphatic carbocycles. The van der Waals surface area contributed by atoms with Crippen molar-refractivity contribution < 1.29 is 9.59 Å². The highest BCUT2D eigenvalue weighted by Crippen LogP contribution is 2.33. The summed E-state index contributed by atoms with van der Waals surface area (Å²) in [5, 5.41) is 3.67. The highest BCUT2D eigenvalue weighted by atomic mass is 35.5. The van der Waals surface area contributed by atoms with E-state index < -0.39 is 0 Å². The van der Waals surface area contributed by atoms with Crippen LogP contribution in [0.1, 0.15) is 32.3 Å². The van der Waals surface area contributed by atoms with Gasteiger partial charge in [-0.2, -0.15) is 0 Å². The second-order valence-corrected chi connectivity index (χ2v) is 6.39. The van der Waals surface area contributed by atoms with Crippen LogP contribution in [0.2, 0.25) is 5.02 Å². The van der Waals surface area contributed by atoms with E-state index in [9.17, 15) is 9.59 Å². The molecule has 0 saturated heterocycles. The van der Waals surface area contributed by atoms with Crippen molar-refractivity contribution in [2.45, 2.75) is 33.6 Å². The number of Topliss-reactive ketones (excluding diaryl/α,β-unsaturated/α-hetero) is 2. The molecule has 1 fully saturated rings. The van der Waals surface area contributed by atoms with Crippen LogP contribution in [0, 0.1) is 12.3 Å². The number of hydrogen-bond donors (Lipinski definition) is 1. The summed E-state index contributed by atoms with van der Waals surface area (Å²) in [4.78, 5) is 24.1. The lowest BCUT2D eigenvalue weighted by Crippen LogP contribution is -2.31. The van der Waals surface area contributed by atoms with Crippen molar-refractivity contribution in [1.82, 2.24) is 0 Å². The minimum atomic E-state index is -0.239. The number of carbonyl (C=O) groups is 2. The third-order valence-electron chi connectivity index (χ3n) is 3.52. The molecule has 0 aromatic heterocycles. The highest BCUT2D eigenvalue weighted by Gasteiger charge is 2.35. The summed E-state index contributed by atoms with van der Waals surface area (Å²) in [6, 6.07) is 5.48. The van der Waals surface area contributed by atoms with E-state index in [0.717, 1.165) is 11.3 Å². The molecule has 0 bridgehead atoms. The monoisotopic (exact) mass is 291 g/mol. The zero-order valence-electron chi connectivity index (χ0n) is 11.9. The first kappa shape index (κ1) is 14.8. The maximum absolute atomic E-state index is 12.0. The summed E-state index contributed by atoms with van der Waals surface area (Å²) in [6.45, 7) is 5.76. The molecule has 1 saturated carbocycles. The average molecular weight is 292 g/mol. The summed E-state index contributed by atoms with van der Waals surface area (Å²) in [5.74, 6) is -0.197. The van der Waals surface area contributed by atoms with Crippen LogP contribution in [0.15, 0.2) is 30.0 Å². The fourth-order valence-corrected chi connectivity index (χ4v) is 2.53. The quantitative estimate of drug-likeness (QED) is 0.664. The fourth-order valence-electron chi connectivity index (χ4n) is 2.35. The van der Waals surface area contributed by atoms with Crippen LogP contribution in [0.3, 0.4) is 0 Å². The fraction of sp³-hybridized carbons (Fsp3) is 0.375. The molecule has 0 aliphatic heterocycles. The van der Waals surface area contributed by atoms with Crippen LogP contribution in [0.5, 0.6) is 0 Å². The maximum Gasteiger partial charge on any atom is 0.168 e. The minimum absolute atomic E-state index is 0.0987. The maximum atomic E-state index is 12.0. The molecule has 1 aliphatic rings. The third-order valence-corrected chi connectivity index (χ3v) is 3.93. The van der Waals surface area contributed by atoms with Gasteiger partial charge in [0.15, 0.2) is 11.6 Å². The molecule has 0 amide bonds. The van der Waals surface area contributed by atoms with Gasteiger partial charge in [-0.25, -0.2) is 0 Å². The zero-order chi connectivity index (χ0) is 14.9. The molecule has 0 radical (unpaired) electrons. The number of benzene rings is 1. The molecule has 0 atom stereocenters. The molecular weight excluding hydrogens is 274 g/mol. The SMILES string of the molecule is Cc1c(Cl)cccc1NC=C1C(=O)CC(C)(C)CC1=O. The normalized spacial score (nSPS) is 18.1. The molecule has 1 aromatic rings. The van der Waals surface area contributed by atoms with Crippen LogP contribution in [-0.4, -0.2) is 11.6 Å². The number of allylic oxidation sites excluding steroid dienone is 1. The van der Waals surface area contributed by atoms with Gasteiger partial charge in [-0.1, -0.05) is 31.5 Å². The van der Waals surface area contributed by atoms with Crippen molar-refractivity contribution in [1.29, 1.82) is 0 Å². The van der Waals surface area contributed by atoms with E-state index in [4.69, 9.17) is 11.6 Å². The van der Waals surface area contributed by atoms with Crippen LogP contribution in [-0.2, 0) is 9.59 Å². The number of hydrogen-bond acceptors (Lipinski definition) is 3. The van der Waals surface area contributed by atoms with Crippen molar-refractivity contribution in [2.75, 3.05) is 5.32 Å². The summed E-state index contributed by atoms with van der Waals surface area (Å²) in [7, 11) is 0. The minimum Gasteiger partial charge on any atom is -0.361 e. The van der Waals surface area contributed by atoms with Crippen LogP contribution >= 0.6 is 11.6 Å². The van der Waals surface area contributed by atoms with E-state index in [1.807, 2.05) is 32.9 Å². The average Bonchev–Trinajstić information content (AvgIpc) is 2.31. The number of carbonyl (C=O) groups excluding carboxylic acids is 2. The van der Waals surface area contributed by atoms with Gasteiger partial charge < -0.3 is 5.32 Å². The van der Waals surface area contributed by atoms with Crippen LogP contribution < -0.4 is 5.32 Å². The first-order chi connectivity index (χ1) is 9.30. The van der Waals surface area contributed by atoms with Gasteiger partial charge in [0.25, 0.3) is 0 Å². The van der Waals surface area contributed by atoms with Gasteiger partial charge in [-0.05, 0) is 30.0 Å². The summed E-state index contributed by atoms with van der Waals surface area (Å²) in [6.07, 6.45) is 2.32. The van der Waals surface area contributed by atoms with Crippen molar-refractivity contribution in [3.8, 4) is 0 Å².